The largest absolute Gasteiger partial charge is 0.300 e. The van der Waals surface area contributed by atoms with Crippen LogP contribution >= 0.6 is 23.2 Å². The fraction of sp³-hybridized carbons (Fsp3) is 0.182. The van der Waals surface area contributed by atoms with Crippen molar-refractivity contribution in [2.45, 2.75) is 6.92 Å². The average Bonchev–Trinajstić information content (AvgIpc) is 2.46. The van der Waals surface area contributed by atoms with Crippen LogP contribution in [0.2, 0.25) is 10.0 Å². The number of aromatic nitrogens is 2. The van der Waals surface area contributed by atoms with Gasteiger partial charge in [-0.3, -0.25) is 14.6 Å². The Labute approximate surface area is 103 Å². The van der Waals surface area contributed by atoms with Crippen molar-refractivity contribution in [2.75, 3.05) is 0 Å². The Bertz CT molecular complexity index is 599. The molecule has 0 saturated heterocycles. The molecule has 0 fully saturated rings. The molecule has 1 aromatic carbocycles. The standard InChI is InChI=1S/C11H10Cl2N2O/c1-6-10(11(16)15(2)14-6)8-5-7(12)3-4-9(8)13/h3-5,14H,1-2H3. The lowest BCUT2D eigenvalue weighted by molar-refractivity contribution is 0.731. The molecule has 0 saturated carbocycles. The zero-order valence-corrected chi connectivity index (χ0v) is 10.4. The number of aromatic amines is 1. The molecule has 0 aliphatic rings. The van der Waals surface area contributed by atoms with Crippen LogP contribution in [0.1, 0.15) is 5.69 Å². The highest BCUT2D eigenvalue weighted by atomic mass is 35.5. The maximum absolute atomic E-state index is 11.9. The van der Waals surface area contributed by atoms with Gasteiger partial charge < -0.3 is 0 Å². The molecule has 0 amide bonds. The summed E-state index contributed by atoms with van der Waals surface area (Å²) in [7, 11) is 1.66. The van der Waals surface area contributed by atoms with Crippen molar-refractivity contribution in [3.8, 4) is 11.1 Å². The third-order valence-electron chi connectivity index (χ3n) is 2.43. The van der Waals surface area contributed by atoms with E-state index in [0.717, 1.165) is 5.69 Å². The number of nitrogens with one attached hydrogen (secondary N) is 1. The molecule has 84 valence electrons. The Morgan fingerprint density at radius 1 is 1.31 bits per heavy atom. The Balaban J connectivity index is 2.77. The van der Waals surface area contributed by atoms with Crippen LogP contribution in [0.15, 0.2) is 23.0 Å². The zero-order valence-electron chi connectivity index (χ0n) is 8.84. The molecule has 1 N–H and O–H groups in total. The van der Waals surface area contributed by atoms with Gasteiger partial charge in [0.1, 0.15) is 0 Å². The lowest BCUT2D eigenvalue weighted by atomic mass is 10.1. The molecule has 16 heavy (non-hydrogen) atoms. The smallest absolute Gasteiger partial charge is 0.274 e. The van der Waals surface area contributed by atoms with Gasteiger partial charge in [-0.25, -0.2) is 0 Å². The van der Waals surface area contributed by atoms with Gasteiger partial charge in [-0.2, -0.15) is 0 Å². The van der Waals surface area contributed by atoms with Gasteiger partial charge >= 0.3 is 0 Å². The van der Waals surface area contributed by atoms with Gasteiger partial charge in [0.05, 0.1) is 5.56 Å². The number of nitrogens with zero attached hydrogens (tertiary/aromatic N) is 1. The first-order chi connectivity index (χ1) is 7.50. The highest BCUT2D eigenvalue weighted by molar-refractivity contribution is 6.35. The fourth-order valence-corrected chi connectivity index (χ4v) is 2.08. The molecule has 3 nitrogen and oxygen atoms in total. The fourth-order valence-electron chi connectivity index (χ4n) is 1.69. The monoisotopic (exact) mass is 256 g/mol. The topological polar surface area (TPSA) is 37.8 Å². The molecule has 2 aromatic rings. The van der Waals surface area contributed by atoms with E-state index in [0.29, 0.717) is 21.2 Å². The number of halogens is 2. The Morgan fingerprint density at radius 2 is 2.00 bits per heavy atom. The minimum atomic E-state index is -0.110. The van der Waals surface area contributed by atoms with Gasteiger partial charge in [0.2, 0.25) is 0 Å². The summed E-state index contributed by atoms with van der Waals surface area (Å²) in [6.45, 7) is 1.83. The second kappa shape index (κ2) is 4.00. The molecule has 0 spiro atoms. The van der Waals surface area contributed by atoms with Gasteiger partial charge in [0.25, 0.3) is 5.56 Å². The molecule has 0 bridgehead atoms. The van der Waals surface area contributed by atoms with E-state index in [9.17, 15) is 4.79 Å². The highest BCUT2D eigenvalue weighted by Gasteiger charge is 2.14. The van der Waals surface area contributed by atoms with Crippen molar-refractivity contribution in [1.82, 2.24) is 9.78 Å². The van der Waals surface area contributed by atoms with Gasteiger partial charge in [0, 0.05) is 28.4 Å². The summed E-state index contributed by atoms with van der Waals surface area (Å²) in [6.07, 6.45) is 0. The van der Waals surface area contributed by atoms with Crippen LogP contribution in [-0.4, -0.2) is 9.78 Å². The minimum Gasteiger partial charge on any atom is -0.300 e. The third-order valence-corrected chi connectivity index (χ3v) is 2.99. The van der Waals surface area contributed by atoms with Crippen LogP contribution in [0.5, 0.6) is 0 Å². The van der Waals surface area contributed by atoms with Crippen molar-refractivity contribution in [2.24, 2.45) is 7.05 Å². The number of H-pyrrole nitrogens is 1. The molecule has 1 aromatic heterocycles. The second-order valence-electron chi connectivity index (χ2n) is 3.60. The van der Waals surface area contributed by atoms with E-state index >= 15 is 0 Å². The van der Waals surface area contributed by atoms with E-state index in [1.807, 2.05) is 6.92 Å². The summed E-state index contributed by atoms with van der Waals surface area (Å²) in [5.41, 5.74) is 1.89. The van der Waals surface area contributed by atoms with Gasteiger partial charge in [-0.05, 0) is 25.1 Å². The number of benzene rings is 1. The maximum Gasteiger partial charge on any atom is 0.274 e. The first kappa shape index (κ1) is 11.3. The zero-order chi connectivity index (χ0) is 11.9. The number of rotatable bonds is 1. The van der Waals surface area contributed by atoms with E-state index in [-0.39, 0.29) is 5.56 Å². The van der Waals surface area contributed by atoms with Crippen molar-refractivity contribution < 1.29 is 0 Å². The average molecular weight is 257 g/mol. The van der Waals surface area contributed by atoms with Crippen LogP contribution < -0.4 is 5.56 Å². The van der Waals surface area contributed by atoms with E-state index < -0.39 is 0 Å². The molecule has 5 heteroatoms. The van der Waals surface area contributed by atoms with Crippen LogP contribution in [0.3, 0.4) is 0 Å². The predicted octanol–water partition coefficient (Wildman–Crippen LogP) is 3.00. The predicted molar refractivity (Wildman–Crippen MR) is 66.2 cm³/mol. The number of hydrogen-bond donors (Lipinski definition) is 1. The lowest BCUT2D eigenvalue weighted by Gasteiger charge is -2.02. The molecule has 0 aliphatic heterocycles. The lowest BCUT2D eigenvalue weighted by Crippen LogP contribution is -2.13. The van der Waals surface area contributed by atoms with Crippen molar-refractivity contribution in [1.29, 1.82) is 0 Å². The Hall–Kier alpha value is -1.19. The summed E-state index contributed by atoms with van der Waals surface area (Å²) in [6, 6.07) is 5.08. The molecule has 2 rings (SSSR count). The van der Waals surface area contributed by atoms with E-state index in [1.165, 1.54) is 4.68 Å². The van der Waals surface area contributed by atoms with Crippen molar-refractivity contribution >= 4 is 23.2 Å². The van der Waals surface area contributed by atoms with Gasteiger partial charge in [-0.1, -0.05) is 23.2 Å². The molecule has 0 radical (unpaired) electrons. The second-order valence-corrected chi connectivity index (χ2v) is 4.44. The first-order valence-corrected chi connectivity index (χ1v) is 5.47. The highest BCUT2D eigenvalue weighted by Crippen LogP contribution is 2.29. The molecular formula is C11H10Cl2N2O. The van der Waals surface area contributed by atoms with Crippen LogP contribution in [0, 0.1) is 6.92 Å². The van der Waals surface area contributed by atoms with E-state index in [2.05, 4.69) is 5.10 Å². The summed E-state index contributed by atoms with van der Waals surface area (Å²) < 4.78 is 1.42. The number of aryl methyl sites for hydroxylation is 2. The third kappa shape index (κ3) is 1.77. The molecular weight excluding hydrogens is 247 g/mol. The molecule has 0 unspecified atom stereocenters. The summed E-state index contributed by atoms with van der Waals surface area (Å²) >= 11 is 12.0. The first-order valence-electron chi connectivity index (χ1n) is 4.71. The molecule has 1 heterocycles. The van der Waals surface area contributed by atoms with Crippen LogP contribution in [0.25, 0.3) is 11.1 Å². The Kier molecular flexibility index (Phi) is 2.82. The Morgan fingerprint density at radius 3 is 2.56 bits per heavy atom. The SMILES string of the molecule is Cc1[nH]n(C)c(=O)c1-c1cc(Cl)ccc1Cl. The number of hydrogen-bond acceptors (Lipinski definition) is 1. The molecule has 0 atom stereocenters. The van der Waals surface area contributed by atoms with E-state index in [1.54, 1.807) is 25.2 Å². The summed E-state index contributed by atoms with van der Waals surface area (Å²) in [5.74, 6) is 0. The normalized spacial score (nSPS) is 10.8. The quantitative estimate of drug-likeness (QED) is 0.837. The maximum atomic E-state index is 11.9. The summed E-state index contributed by atoms with van der Waals surface area (Å²) in [4.78, 5) is 11.9. The van der Waals surface area contributed by atoms with Crippen molar-refractivity contribution in [3.63, 3.8) is 0 Å². The van der Waals surface area contributed by atoms with Gasteiger partial charge in [0.15, 0.2) is 0 Å². The van der Waals surface area contributed by atoms with Crippen molar-refractivity contribution in [3.05, 3.63) is 44.3 Å². The van der Waals surface area contributed by atoms with Crippen LogP contribution in [0.4, 0.5) is 0 Å². The summed E-state index contributed by atoms with van der Waals surface area (Å²) in [5, 5.41) is 4.00. The van der Waals surface area contributed by atoms with Crippen LogP contribution in [-0.2, 0) is 7.05 Å². The van der Waals surface area contributed by atoms with E-state index in [4.69, 9.17) is 23.2 Å². The van der Waals surface area contributed by atoms with Gasteiger partial charge in [-0.15, -0.1) is 0 Å². The molecule has 0 aliphatic carbocycles. The minimum absolute atomic E-state index is 0.110.